The zero-order valence-electron chi connectivity index (χ0n) is 12.5. The first-order valence-electron chi connectivity index (χ1n) is 6.95. The van der Waals surface area contributed by atoms with Gasteiger partial charge in [-0.1, -0.05) is 6.07 Å². The largest absolute Gasteiger partial charge is 0.497 e. The molecule has 0 spiro atoms. The molecule has 2 rings (SSSR count). The second-order valence-electron chi connectivity index (χ2n) is 4.75. The lowest BCUT2D eigenvalue weighted by Gasteiger charge is -2.10. The Bertz CT molecular complexity index is 567. The van der Waals surface area contributed by atoms with Crippen LogP contribution in [-0.4, -0.2) is 20.3 Å². The van der Waals surface area contributed by atoms with Gasteiger partial charge in [-0.05, 0) is 42.8 Å². The summed E-state index contributed by atoms with van der Waals surface area (Å²) in [6, 6.07) is 13.2. The van der Waals surface area contributed by atoms with Gasteiger partial charge in [-0.15, -0.1) is 0 Å². The number of nitrogens with two attached hydrogens (primary N) is 1. The van der Waals surface area contributed by atoms with E-state index >= 15 is 0 Å². The smallest absolute Gasteiger partial charge is 0.124 e. The van der Waals surface area contributed by atoms with Crippen LogP contribution in [0.1, 0.15) is 12.0 Å². The maximum Gasteiger partial charge on any atom is 0.124 e. The monoisotopic (exact) mass is 287 g/mol. The summed E-state index contributed by atoms with van der Waals surface area (Å²) in [5, 5.41) is 0. The van der Waals surface area contributed by atoms with Crippen LogP contribution < -0.4 is 19.9 Å². The lowest BCUT2D eigenvalue weighted by Crippen LogP contribution is -2.05. The van der Waals surface area contributed by atoms with Gasteiger partial charge >= 0.3 is 0 Å². The van der Waals surface area contributed by atoms with E-state index in [0.717, 1.165) is 29.2 Å². The molecular weight excluding hydrogens is 266 g/mol. The van der Waals surface area contributed by atoms with Crippen molar-refractivity contribution in [2.45, 2.75) is 13.3 Å². The number of hydrogen-bond donors (Lipinski definition) is 1. The molecule has 0 radical (unpaired) electrons. The van der Waals surface area contributed by atoms with Crippen LogP contribution in [0, 0.1) is 6.92 Å². The van der Waals surface area contributed by atoms with Gasteiger partial charge < -0.3 is 19.9 Å². The highest BCUT2D eigenvalue weighted by atomic mass is 16.5. The lowest BCUT2D eigenvalue weighted by atomic mass is 10.2. The van der Waals surface area contributed by atoms with E-state index in [2.05, 4.69) is 0 Å². The number of rotatable bonds is 7. The predicted molar refractivity (Wildman–Crippen MR) is 84.2 cm³/mol. The van der Waals surface area contributed by atoms with Crippen molar-refractivity contribution >= 4 is 5.69 Å². The first kappa shape index (κ1) is 15.0. The van der Waals surface area contributed by atoms with Crippen LogP contribution >= 0.6 is 0 Å². The zero-order chi connectivity index (χ0) is 15.1. The SMILES string of the molecule is COc1ccc(OCCCOc2cc(N)ccc2C)cc1. The van der Waals surface area contributed by atoms with Crippen LogP contribution in [0.15, 0.2) is 42.5 Å². The van der Waals surface area contributed by atoms with Gasteiger partial charge in [0.1, 0.15) is 17.2 Å². The van der Waals surface area contributed by atoms with Gasteiger partial charge in [-0.25, -0.2) is 0 Å². The third kappa shape index (κ3) is 4.60. The Labute approximate surface area is 125 Å². The maximum atomic E-state index is 5.74. The molecule has 2 aromatic rings. The molecule has 0 unspecified atom stereocenters. The van der Waals surface area contributed by atoms with Gasteiger partial charge in [0.25, 0.3) is 0 Å². The van der Waals surface area contributed by atoms with Crippen molar-refractivity contribution in [2.24, 2.45) is 0 Å². The molecule has 0 aliphatic carbocycles. The average Bonchev–Trinajstić information content (AvgIpc) is 2.51. The Balaban J connectivity index is 1.71. The normalized spacial score (nSPS) is 10.2. The first-order chi connectivity index (χ1) is 10.2. The number of anilines is 1. The summed E-state index contributed by atoms with van der Waals surface area (Å²) < 4.78 is 16.4. The molecule has 0 saturated carbocycles. The van der Waals surface area contributed by atoms with Crippen LogP contribution in [0.3, 0.4) is 0 Å². The molecule has 4 nitrogen and oxygen atoms in total. The molecule has 0 aliphatic rings. The molecule has 0 aromatic heterocycles. The number of aryl methyl sites for hydroxylation is 1. The summed E-state index contributed by atoms with van der Waals surface area (Å²) in [6.45, 7) is 3.21. The number of hydrogen-bond acceptors (Lipinski definition) is 4. The van der Waals surface area contributed by atoms with Crippen molar-refractivity contribution in [3.05, 3.63) is 48.0 Å². The molecule has 112 valence electrons. The van der Waals surface area contributed by atoms with E-state index in [1.165, 1.54) is 0 Å². The highest BCUT2D eigenvalue weighted by Crippen LogP contribution is 2.21. The quantitative estimate of drug-likeness (QED) is 0.626. The maximum absolute atomic E-state index is 5.74. The molecule has 21 heavy (non-hydrogen) atoms. The van der Waals surface area contributed by atoms with Crippen LogP contribution in [0.2, 0.25) is 0 Å². The van der Waals surface area contributed by atoms with Gasteiger partial charge in [0.2, 0.25) is 0 Å². The highest BCUT2D eigenvalue weighted by Gasteiger charge is 2.00. The Morgan fingerprint density at radius 3 is 2.29 bits per heavy atom. The minimum Gasteiger partial charge on any atom is -0.497 e. The number of nitrogen functional groups attached to an aromatic ring is 1. The van der Waals surface area contributed by atoms with Crippen LogP contribution in [0.25, 0.3) is 0 Å². The molecule has 0 aliphatic heterocycles. The average molecular weight is 287 g/mol. The molecule has 0 heterocycles. The Morgan fingerprint density at radius 1 is 0.905 bits per heavy atom. The predicted octanol–water partition coefficient (Wildman–Crippen LogP) is 3.43. The molecule has 4 heteroatoms. The fourth-order valence-electron chi connectivity index (χ4n) is 1.88. The Morgan fingerprint density at radius 2 is 1.57 bits per heavy atom. The minimum absolute atomic E-state index is 0.598. The van der Waals surface area contributed by atoms with Crippen LogP contribution in [-0.2, 0) is 0 Å². The van der Waals surface area contributed by atoms with Crippen LogP contribution in [0.5, 0.6) is 17.2 Å². The standard InChI is InChI=1S/C17H21NO3/c1-13-4-5-14(18)12-17(13)21-11-3-10-20-16-8-6-15(19-2)7-9-16/h4-9,12H,3,10-11,18H2,1-2H3. The van der Waals surface area contributed by atoms with Crippen molar-refractivity contribution in [1.82, 2.24) is 0 Å². The highest BCUT2D eigenvalue weighted by molar-refractivity contribution is 5.47. The lowest BCUT2D eigenvalue weighted by molar-refractivity contribution is 0.246. The molecule has 0 atom stereocenters. The van der Waals surface area contributed by atoms with Gasteiger partial charge in [-0.3, -0.25) is 0 Å². The van der Waals surface area contributed by atoms with Crippen molar-refractivity contribution < 1.29 is 14.2 Å². The summed E-state index contributed by atoms with van der Waals surface area (Å²) >= 11 is 0. The second kappa shape index (κ2) is 7.43. The van der Waals surface area contributed by atoms with Crippen molar-refractivity contribution in [1.29, 1.82) is 0 Å². The Hall–Kier alpha value is -2.36. The van der Waals surface area contributed by atoms with Gasteiger partial charge in [0, 0.05) is 18.2 Å². The minimum atomic E-state index is 0.598. The van der Waals surface area contributed by atoms with Gasteiger partial charge in [-0.2, -0.15) is 0 Å². The molecule has 0 bridgehead atoms. The molecular formula is C17H21NO3. The van der Waals surface area contributed by atoms with E-state index in [4.69, 9.17) is 19.9 Å². The van der Waals surface area contributed by atoms with E-state index in [1.54, 1.807) is 7.11 Å². The van der Waals surface area contributed by atoms with Crippen molar-refractivity contribution in [2.75, 3.05) is 26.1 Å². The number of methoxy groups -OCH3 is 1. The van der Waals surface area contributed by atoms with Crippen molar-refractivity contribution in [3.63, 3.8) is 0 Å². The summed E-state index contributed by atoms with van der Waals surface area (Å²) in [7, 11) is 1.64. The van der Waals surface area contributed by atoms with Crippen LogP contribution in [0.4, 0.5) is 5.69 Å². The molecule has 2 aromatic carbocycles. The first-order valence-corrected chi connectivity index (χ1v) is 6.95. The van der Waals surface area contributed by atoms with E-state index in [-0.39, 0.29) is 0 Å². The fraction of sp³-hybridized carbons (Fsp3) is 0.294. The zero-order valence-corrected chi connectivity index (χ0v) is 12.5. The molecule has 0 fully saturated rings. The third-order valence-electron chi connectivity index (χ3n) is 3.09. The summed E-state index contributed by atoms with van der Waals surface area (Å²) in [4.78, 5) is 0. The van der Waals surface area contributed by atoms with Gasteiger partial charge in [0.05, 0.1) is 20.3 Å². The molecule has 2 N–H and O–H groups in total. The topological polar surface area (TPSA) is 53.7 Å². The Kier molecular flexibility index (Phi) is 5.32. The van der Waals surface area contributed by atoms with E-state index < -0.39 is 0 Å². The third-order valence-corrected chi connectivity index (χ3v) is 3.09. The second-order valence-corrected chi connectivity index (χ2v) is 4.75. The summed E-state index contributed by atoms with van der Waals surface area (Å²) in [5.74, 6) is 2.48. The molecule has 0 amide bonds. The number of ether oxygens (including phenoxy) is 3. The fourth-order valence-corrected chi connectivity index (χ4v) is 1.88. The van der Waals surface area contributed by atoms with Crippen molar-refractivity contribution in [3.8, 4) is 17.2 Å². The van der Waals surface area contributed by atoms with Gasteiger partial charge in [0.15, 0.2) is 0 Å². The summed E-state index contributed by atoms with van der Waals surface area (Å²) in [5.41, 5.74) is 7.54. The van der Waals surface area contributed by atoms with E-state index in [1.807, 2.05) is 49.4 Å². The summed E-state index contributed by atoms with van der Waals surface area (Å²) in [6.07, 6.45) is 0.806. The van der Waals surface area contributed by atoms with E-state index in [0.29, 0.717) is 18.9 Å². The number of benzene rings is 2. The molecule has 0 saturated heterocycles. The van der Waals surface area contributed by atoms with E-state index in [9.17, 15) is 0 Å².